The normalized spacial score (nSPS) is 17.8. The summed E-state index contributed by atoms with van der Waals surface area (Å²) in [4.78, 5) is 29.8. The van der Waals surface area contributed by atoms with Crippen molar-refractivity contribution in [1.29, 1.82) is 0 Å². The molecule has 1 N–H and O–H groups in total. The number of Topliss-reactive ketones (excluding diaryl/α,β-unsaturated/α-hetero) is 1. The Labute approximate surface area is 206 Å². The predicted molar refractivity (Wildman–Crippen MR) is 135 cm³/mol. The molecule has 2 aromatic rings. The van der Waals surface area contributed by atoms with Gasteiger partial charge in [-0.15, -0.1) is 0 Å². The van der Waals surface area contributed by atoms with Gasteiger partial charge >= 0.3 is 0 Å². The van der Waals surface area contributed by atoms with Crippen molar-refractivity contribution >= 4 is 29.1 Å². The van der Waals surface area contributed by atoms with Crippen molar-refractivity contribution in [3.8, 4) is 5.75 Å². The molecule has 0 aromatic heterocycles. The molecular formula is C27H33ClN2O4. The van der Waals surface area contributed by atoms with Gasteiger partial charge in [-0.05, 0) is 69.2 Å². The third-order valence-corrected chi connectivity index (χ3v) is 6.26. The van der Waals surface area contributed by atoms with E-state index < -0.39 is 17.7 Å². The van der Waals surface area contributed by atoms with E-state index in [-0.39, 0.29) is 11.3 Å². The van der Waals surface area contributed by atoms with E-state index in [2.05, 4.69) is 13.8 Å². The second-order valence-electron chi connectivity index (χ2n) is 9.05. The Morgan fingerprint density at radius 2 is 1.82 bits per heavy atom. The number of carbonyl (C=O) groups excluding carboxylic acids is 2. The molecule has 1 aliphatic rings. The number of likely N-dealkylation sites (tertiary alicyclic amines) is 1. The lowest BCUT2D eigenvalue weighted by molar-refractivity contribution is -0.139. The molecule has 1 fully saturated rings. The van der Waals surface area contributed by atoms with Crippen LogP contribution in [0.25, 0.3) is 5.76 Å². The average molecular weight is 485 g/mol. The number of aliphatic hydroxyl groups is 1. The van der Waals surface area contributed by atoms with Crippen LogP contribution in [0.1, 0.15) is 55.8 Å². The predicted octanol–water partition coefficient (Wildman–Crippen LogP) is 5.24. The van der Waals surface area contributed by atoms with Gasteiger partial charge in [-0.2, -0.15) is 0 Å². The van der Waals surface area contributed by atoms with Crippen LogP contribution in [0.5, 0.6) is 5.75 Å². The number of ether oxygens (including phenoxy) is 1. The van der Waals surface area contributed by atoms with Crippen LogP contribution < -0.4 is 4.74 Å². The highest BCUT2D eigenvalue weighted by Crippen LogP contribution is 2.40. The summed E-state index contributed by atoms with van der Waals surface area (Å²) in [5.41, 5.74) is 2.38. The highest BCUT2D eigenvalue weighted by atomic mass is 35.5. The molecule has 6 nitrogen and oxygen atoms in total. The van der Waals surface area contributed by atoms with E-state index in [1.807, 2.05) is 50.2 Å². The van der Waals surface area contributed by atoms with Crippen LogP contribution in [-0.2, 0) is 9.59 Å². The van der Waals surface area contributed by atoms with Gasteiger partial charge in [0.15, 0.2) is 0 Å². The summed E-state index contributed by atoms with van der Waals surface area (Å²) in [6.07, 6.45) is 0.704. The number of hydrogen-bond donors (Lipinski definition) is 1. The summed E-state index contributed by atoms with van der Waals surface area (Å²) in [6, 6.07) is 12.1. The third-order valence-electron chi connectivity index (χ3n) is 5.97. The van der Waals surface area contributed by atoms with Crippen LogP contribution >= 0.6 is 11.6 Å². The van der Waals surface area contributed by atoms with E-state index in [9.17, 15) is 14.7 Å². The smallest absolute Gasteiger partial charge is 0.295 e. The quantitative estimate of drug-likeness (QED) is 0.299. The molecule has 1 unspecified atom stereocenters. The molecule has 0 spiro atoms. The fourth-order valence-corrected chi connectivity index (χ4v) is 4.39. The van der Waals surface area contributed by atoms with Crippen molar-refractivity contribution in [1.82, 2.24) is 9.80 Å². The topological polar surface area (TPSA) is 70.1 Å². The number of rotatable bonds is 9. The first-order valence-corrected chi connectivity index (χ1v) is 12.0. The monoisotopic (exact) mass is 484 g/mol. The minimum atomic E-state index is -0.690. The third kappa shape index (κ3) is 5.45. The Balaban J connectivity index is 2.09. The molecule has 0 radical (unpaired) electrons. The Morgan fingerprint density at radius 3 is 2.38 bits per heavy atom. The molecule has 1 heterocycles. The highest BCUT2D eigenvalue weighted by Gasteiger charge is 2.45. The first-order valence-electron chi connectivity index (χ1n) is 11.6. The maximum atomic E-state index is 13.2. The van der Waals surface area contributed by atoms with Crippen molar-refractivity contribution in [2.45, 2.75) is 39.2 Å². The molecule has 0 bridgehead atoms. The Morgan fingerprint density at radius 1 is 1.15 bits per heavy atom. The number of carbonyl (C=O) groups is 2. The largest absolute Gasteiger partial charge is 0.507 e. The molecule has 0 saturated carbocycles. The molecule has 182 valence electrons. The Bertz CT molecular complexity index is 1080. The van der Waals surface area contributed by atoms with Gasteiger partial charge in [0.05, 0.1) is 23.2 Å². The molecule has 1 amide bonds. The zero-order chi connectivity index (χ0) is 25.0. The number of nitrogens with zero attached hydrogens (tertiary/aromatic N) is 2. The maximum Gasteiger partial charge on any atom is 0.295 e. The van der Waals surface area contributed by atoms with E-state index in [0.29, 0.717) is 41.8 Å². The first-order chi connectivity index (χ1) is 16.1. The number of halogens is 1. The van der Waals surface area contributed by atoms with E-state index in [0.717, 1.165) is 17.7 Å². The number of ketones is 1. The SMILES string of the molecule is CCOc1ccc(/C(O)=C2/C(=O)C(=O)N(CCCN(C)C)C2c2ccc(C(C)C)cc2)cc1Cl. The molecule has 1 atom stereocenters. The van der Waals surface area contributed by atoms with Crippen LogP contribution in [0.15, 0.2) is 48.0 Å². The van der Waals surface area contributed by atoms with Gasteiger partial charge in [-0.25, -0.2) is 0 Å². The molecule has 7 heteroatoms. The summed E-state index contributed by atoms with van der Waals surface area (Å²) < 4.78 is 5.47. The lowest BCUT2D eigenvalue weighted by atomic mass is 9.93. The number of aliphatic hydroxyl groups excluding tert-OH is 1. The van der Waals surface area contributed by atoms with Gasteiger partial charge in [0.25, 0.3) is 11.7 Å². The van der Waals surface area contributed by atoms with E-state index in [1.165, 1.54) is 0 Å². The first kappa shape index (κ1) is 25.8. The maximum absolute atomic E-state index is 13.2. The van der Waals surface area contributed by atoms with E-state index in [4.69, 9.17) is 16.3 Å². The van der Waals surface area contributed by atoms with Crippen LogP contribution in [-0.4, -0.2) is 60.4 Å². The lowest BCUT2D eigenvalue weighted by Gasteiger charge is -2.26. The lowest BCUT2D eigenvalue weighted by Crippen LogP contribution is -2.32. The van der Waals surface area contributed by atoms with Crippen LogP contribution in [0.4, 0.5) is 0 Å². The number of benzene rings is 2. The molecule has 2 aromatic carbocycles. The fourth-order valence-electron chi connectivity index (χ4n) is 4.15. The number of hydrogen-bond acceptors (Lipinski definition) is 5. The van der Waals surface area contributed by atoms with Crippen LogP contribution in [0.3, 0.4) is 0 Å². The summed E-state index contributed by atoms with van der Waals surface area (Å²) in [6.45, 7) is 7.70. The van der Waals surface area contributed by atoms with E-state index in [1.54, 1.807) is 23.1 Å². The molecular weight excluding hydrogens is 452 g/mol. The minimum absolute atomic E-state index is 0.0763. The van der Waals surface area contributed by atoms with Gasteiger partial charge in [0.1, 0.15) is 11.5 Å². The van der Waals surface area contributed by atoms with Crippen LogP contribution in [0, 0.1) is 0 Å². The molecule has 34 heavy (non-hydrogen) atoms. The second-order valence-corrected chi connectivity index (χ2v) is 9.46. The van der Waals surface area contributed by atoms with Crippen molar-refractivity contribution in [3.05, 3.63) is 69.8 Å². The number of amides is 1. The molecule has 1 aliphatic heterocycles. The van der Waals surface area contributed by atoms with Crippen molar-refractivity contribution in [3.63, 3.8) is 0 Å². The van der Waals surface area contributed by atoms with Crippen molar-refractivity contribution in [2.24, 2.45) is 0 Å². The van der Waals surface area contributed by atoms with Gasteiger partial charge in [-0.3, -0.25) is 9.59 Å². The Kier molecular flexibility index (Phi) is 8.39. The standard InChI is InChI=1S/C27H33ClN2O4/c1-6-34-22-13-12-20(16-21(22)28)25(31)23-24(19-10-8-18(9-11-19)17(2)3)30(27(33)26(23)32)15-7-14-29(4)5/h8-13,16-17,24,31H,6-7,14-15H2,1-5H3/b25-23-. The van der Waals surface area contributed by atoms with Gasteiger partial charge in [0.2, 0.25) is 0 Å². The average Bonchev–Trinajstić information content (AvgIpc) is 3.05. The summed E-state index contributed by atoms with van der Waals surface area (Å²) in [5, 5.41) is 11.6. The summed E-state index contributed by atoms with van der Waals surface area (Å²) in [5.74, 6) is -0.686. The Hall–Kier alpha value is -2.83. The zero-order valence-corrected chi connectivity index (χ0v) is 21.2. The zero-order valence-electron chi connectivity index (χ0n) is 20.5. The van der Waals surface area contributed by atoms with E-state index >= 15 is 0 Å². The minimum Gasteiger partial charge on any atom is -0.507 e. The summed E-state index contributed by atoms with van der Waals surface area (Å²) >= 11 is 6.33. The fraction of sp³-hybridized carbons (Fsp3) is 0.407. The second kappa shape index (κ2) is 11.1. The molecule has 3 rings (SSSR count). The van der Waals surface area contributed by atoms with Gasteiger partial charge < -0.3 is 19.6 Å². The van der Waals surface area contributed by atoms with Gasteiger partial charge in [-0.1, -0.05) is 49.7 Å². The van der Waals surface area contributed by atoms with Crippen molar-refractivity contribution in [2.75, 3.05) is 33.8 Å². The van der Waals surface area contributed by atoms with Crippen LogP contribution in [0.2, 0.25) is 5.02 Å². The highest BCUT2D eigenvalue weighted by molar-refractivity contribution is 6.46. The molecule has 0 aliphatic carbocycles. The van der Waals surface area contributed by atoms with Gasteiger partial charge in [0, 0.05) is 12.1 Å². The van der Waals surface area contributed by atoms with Crippen molar-refractivity contribution < 1.29 is 19.4 Å². The molecule has 1 saturated heterocycles. The summed E-state index contributed by atoms with van der Waals surface area (Å²) in [7, 11) is 3.93.